The average molecular weight is 363 g/mol. The number of guanidine groups is 1. The zero-order valence-electron chi connectivity index (χ0n) is 15.4. The topological polar surface area (TPSA) is 41.8 Å². The molecule has 1 aromatic heterocycles. The molecule has 0 saturated carbocycles. The molecule has 0 spiro atoms. The summed E-state index contributed by atoms with van der Waals surface area (Å²) >= 11 is 6.09. The lowest BCUT2D eigenvalue weighted by molar-refractivity contribution is 0.110. The van der Waals surface area contributed by atoms with Crippen molar-refractivity contribution in [2.75, 3.05) is 27.2 Å². The van der Waals surface area contributed by atoms with Gasteiger partial charge in [0, 0.05) is 44.7 Å². The summed E-state index contributed by atoms with van der Waals surface area (Å²) < 4.78 is 7.72. The number of aromatic nitrogens is 1. The summed E-state index contributed by atoms with van der Waals surface area (Å²) in [4.78, 5) is 6.87. The number of aliphatic imine (C=N–C) groups is 1. The van der Waals surface area contributed by atoms with Crippen LogP contribution >= 0.6 is 11.6 Å². The molecule has 25 heavy (non-hydrogen) atoms. The van der Waals surface area contributed by atoms with Crippen LogP contribution < -0.4 is 5.32 Å². The lowest BCUT2D eigenvalue weighted by atomic mass is 10.1. The number of benzene rings is 1. The van der Waals surface area contributed by atoms with E-state index in [1.807, 2.05) is 50.6 Å². The van der Waals surface area contributed by atoms with Gasteiger partial charge in [-0.25, -0.2) is 0 Å². The number of halogens is 1. The largest absolute Gasteiger partial charge is 0.375 e. The van der Waals surface area contributed by atoms with Gasteiger partial charge in [-0.2, -0.15) is 0 Å². The number of ether oxygens (including phenoxy) is 1. The zero-order chi connectivity index (χ0) is 18.2. The first-order chi connectivity index (χ1) is 12.0. The smallest absolute Gasteiger partial charge is 0.194 e. The Morgan fingerprint density at radius 1 is 1.36 bits per heavy atom. The van der Waals surface area contributed by atoms with Crippen molar-refractivity contribution in [3.05, 3.63) is 58.9 Å². The minimum Gasteiger partial charge on any atom is -0.375 e. The van der Waals surface area contributed by atoms with E-state index in [9.17, 15) is 0 Å². The van der Waals surface area contributed by atoms with E-state index in [2.05, 4.69) is 27.8 Å². The first-order valence-electron chi connectivity index (χ1n) is 8.43. The molecule has 1 aromatic carbocycles. The SMILES string of the molecule is CCNC(=NCC(OC)c1cccc(Cl)c1)N(C)Cc1cccn1C. The Labute approximate surface area is 155 Å². The molecule has 0 saturated heterocycles. The Hall–Kier alpha value is -1.98. The highest BCUT2D eigenvalue weighted by molar-refractivity contribution is 6.30. The van der Waals surface area contributed by atoms with Crippen LogP contribution in [0.2, 0.25) is 5.02 Å². The number of methoxy groups -OCH3 is 1. The third-order valence-corrected chi connectivity index (χ3v) is 4.29. The molecule has 2 aromatic rings. The molecular formula is C19H27ClN4O. The fourth-order valence-corrected chi connectivity index (χ4v) is 2.84. The van der Waals surface area contributed by atoms with Crippen LogP contribution in [0.15, 0.2) is 47.6 Å². The van der Waals surface area contributed by atoms with Crippen LogP contribution in [0.25, 0.3) is 0 Å². The molecule has 0 amide bonds. The van der Waals surface area contributed by atoms with Gasteiger partial charge in [-0.05, 0) is 36.8 Å². The van der Waals surface area contributed by atoms with Crippen molar-refractivity contribution in [3.8, 4) is 0 Å². The first kappa shape index (κ1) is 19.3. The van der Waals surface area contributed by atoms with Gasteiger partial charge >= 0.3 is 0 Å². The van der Waals surface area contributed by atoms with Crippen LogP contribution in [0.4, 0.5) is 0 Å². The number of nitrogens with one attached hydrogen (secondary N) is 1. The number of aryl methyl sites for hydroxylation is 1. The third kappa shape index (κ3) is 5.51. The second-order valence-electron chi connectivity index (χ2n) is 5.94. The van der Waals surface area contributed by atoms with Crippen molar-refractivity contribution < 1.29 is 4.74 Å². The molecule has 0 fully saturated rings. The molecule has 1 N–H and O–H groups in total. The minimum absolute atomic E-state index is 0.129. The Morgan fingerprint density at radius 3 is 2.76 bits per heavy atom. The molecular weight excluding hydrogens is 336 g/mol. The van der Waals surface area contributed by atoms with E-state index in [0.29, 0.717) is 11.6 Å². The third-order valence-electron chi connectivity index (χ3n) is 4.06. The summed E-state index contributed by atoms with van der Waals surface area (Å²) in [6.07, 6.45) is 1.92. The van der Waals surface area contributed by atoms with Crippen molar-refractivity contribution in [1.82, 2.24) is 14.8 Å². The highest BCUT2D eigenvalue weighted by Gasteiger charge is 2.13. The van der Waals surface area contributed by atoms with Gasteiger partial charge in [0.05, 0.1) is 13.1 Å². The maximum atomic E-state index is 6.09. The zero-order valence-corrected chi connectivity index (χ0v) is 16.1. The van der Waals surface area contributed by atoms with Gasteiger partial charge in [0.2, 0.25) is 0 Å². The summed E-state index contributed by atoms with van der Waals surface area (Å²) in [5.41, 5.74) is 2.26. The molecule has 1 atom stereocenters. The van der Waals surface area contributed by atoms with E-state index in [4.69, 9.17) is 21.3 Å². The molecule has 136 valence electrons. The number of rotatable bonds is 7. The van der Waals surface area contributed by atoms with Crippen LogP contribution in [0, 0.1) is 0 Å². The Kier molecular flexibility index (Phi) is 7.34. The molecule has 0 radical (unpaired) electrons. The average Bonchev–Trinajstić information content (AvgIpc) is 2.99. The minimum atomic E-state index is -0.129. The standard InChI is InChI=1S/C19H27ClN4O/c1-5-21-19(24(3)14-17-10-7-11-23(17)2)22-13-18(25-4)15-8-6-9-16(20)12-15/h6-12,18H,5,13-14H2,1-4H3,(H,21,22). The monoisotopic (exact) mass is 362 g/mol. The van der Waals surface area contributed by atoms with Gasteiger partial charge in [-0.3, -0.25) is 4.99 Å². The molecule has 6 heteroatoms. The number of hydrogen-bond donors (Lipinski definition) is 1. The summed E-state index contributed by atoms with van der Waals surface area (Å²) in [7, 11) is 5.78. The maximum absolute atomic E-state index is 6.09. The van der Waals surface area contributed by atoms with Crippen molar-refractivity contribution >= 4 is 17.6 Å². The molecule has 5 nitrogen and oxygen atoms in total. The molecule has 0 aliphatic rings. The van der Waals surface area contributed by atoms with Gasteiger partial charge in [0.1, 0.15) is 6.10 Å². The highest BCUT2D eigenvalue weighted by atomic mass is 35.5. The van der Waals surface area contributed by atoms with Crippen LogP contribution in [-0.2, 0) is 18.3 Å². The van der Waals surface area contributed by atoms with Gasteiger partial charge in [0.25, 0.3) is 0 Å². The van der Waals surface area contributed by atoms with Crippen LogP contribution in [0.1, 0.15) is 24.3 Å². The van der Waals surface area contributed by atoms with Crippen LogP contribution in [0.3, 0.4) is 0 Å². The van der Waals surface area contributed by atoms with E-state index in [0.717, 1.165) is 24.6 Å². The van der Waals surface area contributed by atoms with Gasteiger partial charge in [-0.15, -0.1) is 0 Å². The molecule has 1 heterocycles. The molecule has 0 aliphatic heterocycles. The van der Waals surface area contributed by atoms with Gasteiger partial charge < -0.3 is 19.5 Å². The quantitative estimate of drug-likeness (QED) is 0.605. The molecule has 1 unspecified atom stereocenters. The number of hydrogen-bond acceptors (Lipinski definition) is 2. The summed E-state index contributed by atoms with van der Waals surface area (Å²) in [6, 6.07) is 11.9. The van der Waals surface area contributed by atoms with E-state index in [-0.39, 0.29) is 6.10 Å². The Bertz CT molecular complexity index is 698. The number of nitrogens with zero attached hydrogens (tertiary/aromatic N) is 3. The lowest BCUT2D eigenvalue weighted by Gasteiger charge is -2.23. The second kappa shape index (κ2) is 9.49. The maximum Gasteiger partial charge on any atom is 0.194 e. The predicted octanol–water partition coefficient (Wildman–Crippen LogP) is 3.46. The fourth-order valence-electron chi connectivity index (χ4n) is 2.64. The van der Waals surface area contributed by atoms with Crippen LogP contribution in [-0.4, -0.2) is 42.7 Å². The van der Waals surface area contributed by atoms with E-state index in [1.54, 1.807) is 7.11 Å². The van der Waals surface area contributed by atoms with Crippen molar-refractivity contribution in [2.45, 2.75) is 19.6 Å². The first-order valence-corrected chi connectivity index (χ1v) is 8.80. The predicted molar refractivity (Wildman–Crippen MR) is 104 cm³/mol. The Morgan fingerprint density at radius 2 is 2.16 bits per heavy atom. The summed E-state index contributed by atoms with van der Waals surface area (Å²) in [5, 5.41) is 4.05. The summed E-state index contributed by atoms with van der Waals surface area (Å²) in [5.74, 6) is 0.854. The van der Waals surface area contributed by atoms with Crippen molar-refractivity contribution in [1.29, 1.82) is 0 Å². The Balaban J connectivity index is 2.10. The van der Waals surface area contributed by atoms with Crippen molar-refractivity contribution in [2.24, 2.45) is 12.0 Å². The normalized spacial score (nSPS) is 12.9. The molecule has 2 rings (SSSR count). The lowest BCUT2D eigenvalue weighted by Crippen LogP contribution is -2.39. The van der Waals surface area contributed by atoms with E-state index >= 15 is 0 Å². The second-order valence-corrected chi connectivity index (χ2v) is 6.38. The highest BCUT2D eigenvalue weighted by Crippen LogP contribution is 2.20. The van der Waals surface area contributed by atoms with Gasteiger partial charge in [-0.1, -0.05) is 23.7 Å². The molecule has 0 aliphatic carbocycles. The molecule has 0 bridgehead atoms. The van der Waals surface area contributed by atoms with E-state index < -0.39 is 0 Å². The summed E-state index contributed by atoms with van der Waals surface area (Å²) in [6.45, 7) is 4.18. The van der Waals surface area contributed by atoms with Crippen LogP contribution in [0.5, 0.6) is 0 Å². The van der Waals surface area contributed by atoms with E-state index in [1.165, 1.54) is 5.69 Å². The van der Waals surface area contributed by atoms with Crippen molar-refractivity contribution in [3.63, 3.8) is 0 Å². The van der Waals surface area contributed by atoms with Gasteiger partial charge in [0.15, 0.2) is 5.96 Å². The fraction of sp³-hybridized carbons (Fsp3) is 0.421.